The van der Waals surface area contributed by atoms with Gasteiger partial charge in [-0.05, 0) is 41.8 Å². The Balaban J connectivity index is 1.27. The second-order valence-electron chi connectivity index (χ2n) is 7.63. The van der Waals surface area contributed by atoms with E-state index in [0.717, 1.165) is 15.7 Å². The zero-order valence-electron chi connectivity index (χ0n) is 18.6. The lowest BCUT2D eigenvalue weighted by Crippen LogP contribution is -2.40. The van der Waals surface area contributed by atoms with Crippen LogP contribution in [0.5, 0.6) is 0 Å². The van der Waals surface area contributed by atoms with Crippen molar-refractivity contribution in [3.8, 4) is 0 Å². The number of nitrogens with zero attached hydrogens (tertiary/aromatic N) is 1. The Hall–Kier alpha value is -2.63. The summed E-state index contributed by atoms with van der Waals surface area (Å²) in [6.07, 6.45) is 0. The van der Waals surface area contributed by atoms with Crippen molar-refractivity contribution in [3.63, 3.8) is 0 Å². The number of ether oxygens (including phenoxy) is 2. The second-order valence-corrected chi connectivity index (χ2v) is 11.0. The number of nitrogens with one attached hydrogen (secondary N) is 1. The van der Waals surface area contributed by atoms with E-state index in [0.29, 0.717) is 37.0 Å². The van der Waals surface area contributed by atoms with Gasteiger partial charge in [0, 0.05) is 34.1 Å². The highest BCUT2D eigenvalue weighted by molar-refractivity contribution is 8.00. The van der Waals surface area contributed by atoms with Gasteiger partial charge in [0.15, 0.2) is 6.61 Å². The highest BCUT2D eigenvalue weighted by atomic mass is 35.5. The van der Waals surface area contributed by atoms with E-state index in [1.54, 1.807) is 6.07 Å². The van der Waals surface area contributed by atoms with E-state index in [1.807, 2.05) is 30.3 Å². The Kier molecular flexibility index (Phi) is 8.30. The number of esters is 1. The monoisotopic (exact) mass is 534 g/mol. The van der Waals surface area contributed by atoms with Crippen molar-refractivity contribution in [2.75, 3.05) is 44.0 Å². The van der Waals surface area contributed by atoms with E-state index in [-0.39, 0.29) is 10.6 Å². The van der Waals surface area contributed by atoms with Crippen LogP contribution in [0, 0.1) is 0 Å². The van der Waals surface area contributed by atoms with Crippen molar-refractivity contribution in [2.24, 2.45) is 0 Å². The molecule has 1 saturated heterocycles. The van der Waals surface area contributed by atoms with Gasteiger partial charge in [-0.3, -0.25) is 9.59 Å². The Morgan fingerprint density at radius 3 is 2.43 bits per heavy atom. The first kappa shape index (κ1) is 25.5. The van der Waals surface area contributed by atoms with E-state index in [1.165, 1.54) is 40.3 Å². The van der Waals surface area contributed by atoms with E-state index >= 15 is 0 Å². The van der Waals surface area contributed by atoms with Gasteiger partial charge in [-0.1, -0.05) is 35.9 Å². The van der Waals surface area contributed by atoms with Gasteiger partial charge < -0.3 is 14.8 Å². The Morgan fingerprint density at radius 2 is 1.71 bits per heavy atom. The third-order valence-electron chi connectivity index (χ3n) is 5.27. The number of hydrogen-bond acceptors (Lipinski definition) is 7. The molecule has 0 radical (unpaired) electrons. The first-order valence-electron chi connectivity index (χ1n) is 10.8. The van der Waals surface area contributed by atoms with Crippen LogP contribution >= 0.6 is 23.4 Å². The lowest BCUT2D eigenvalue weighted by atomic mass is 10.1. The molecule has 0 unspecified atom stereocenters. The number of anilines is 1. The highest BCUT2D eigenvalue weighted by Crippen LogP contribution is 2.33. The van der Waals surface area contributed by atoms with Crippen LogP contribution in [0.2, 0.25) is 5.02 Å². The summed E-state index contributed by atoms with van der Waals surface area (Å²) in [5.74, 6) is -1.05. The van der Waals surface area contributed by atoms with Crippen molar-refractivity contribution in [1.82, 2.24) is 4.31 Å². The van der Waals surface area contributed by atoms with E-state index in [9.17, 15) is 18.0 Å². The number of hydrogen-bond donors (Lipinski definition) is 1. The number of fused-ring (bicyclic) bond motifs is 1. The van der Waals surface area contributed by atoms with Crippen molar-refractivity contribution in [3.05, 3.63) is 65.7 Å². The highest BCUT2D eigenvalue weighted by Gasteiger charge is 2.26. The minimum absolute atomic E-state index is 0.0196. The van der Waals surface area contributed by atoms with Crippen LogP contribution in [-0.4, -0.2) is 63.3 Å². The van der Waals surface area contributed by atoms with Gasteiger partial charge >= 0.3 is 5.97 Å². The van der Waals surface area contributed by atoms with Gasteiger partial charge in [0.25, 0.3) is 5.91 Å². The molecule has 0 saturated carbocycles. The molecule has 0 spiro atoms. The summed E-state index contributed by atoms with van der Waals surface area (Å²) >= 11 is 7.59. The van der Waals surface area contributed by atoms with E-state index in [4.69, 9.17) is 21.1 Å². The van der Waals surface area contributed by atoms with Gasteiger partial charge in [-0.2, -0.15) is 4.31 Å². The smallest absolute Gasteiger partial charge is 0.316 e. The van der Waals surface area contributed by atoms with Crippen LogP contribution < -0.4 is 5.32 Å². The van der Waals surface area contributed by atoms with Crippen LogP contribution in [0.15, 0.2) is 70.5 Å². The van der Waals surface area contributed by atoms with Gasteiger partial charge in [0.1, 0.15) is 0 Å². The van der Waals surface area contributed by atoms with E-state index in [2.05, 4.69) is 5.32 Å². The summed E-state index contributed by atoms with van der Waals surface area (Å²) in [6, 6.07) is 17.1. The zero-order chi connectivity index (χ0) is 24.8. The lowest BCUT2D eigenvalue weighted by molar-refractivity contribution is -0.144. The molecule has 0 aliphatic carbocycles. The molecule has 1 heterocycles. The molecular formula is C24H23ClN2O6S2. The molecule has 1 aliphatic heterocycles. The third kappa shape index (κ3) is 6.33. The molecule has 8 nitrogen and oxygen atoms in total. The number of sulfonamides is 1. The number of carbonyl (C=O) groups is 2. The number of morpholine rings is 1. The molecule has 11 heteroatoms. The second kappa shape index (κ2) is 11.4. The molecule has 0 aromatic heterocycles. The summed E-state index contributed by atoms with van der Waals surface area (Å²) in [5.41, 5.74) is 0.395. The Morgan fingerprint density at radius 1 is 1.03 bits per heavy atom. The fourth-order valence-electron chi connectivity index (χ4n) is 3.55. The van der Waals surface area contributed by atoms with Crippen LogP contribution in [0.25, 0.3) is 10.8 Å². The lowest BCUT2D eigenvalue weighted by Gasteiger charge is -2.26. The third-order valence-corrected chi connectivity index (χ3v) is 8.53. The number of amides is 1. The number of benzene rings is 3. The molecule has 35 heavy (non-hydrogen) atoms. The fourth-order valence-corrected chi connectivity index (χ4v) is 6.20. The quantitative estimate of drug-likeness (QED) is 0.346. The predicted molar refractivity (Wildman–Crippen MR) is 135 cm³/mol. The SMILES string of the molecule is O=C(COC(=O)CSc1cccc2cccc(Cl)c12)Nc1ccc(S(=O)(=O)N2CCOCC2)cc1. The maximum Gasteiger partial charge on any atom is 0.316 e. The average Bonchev–Trinajstić information content (AvgIpc) is 2.87. The number of rotatable bonds is 8. The molecule has 3 aromatic rings. The van der Waals surface area contributed by atoms with Crippen molar-refractivity contribution >= 4 is 61.7 Å². The molecule has 1 N–H and O–H groups in total. The maximum atomic E-state index is 12.7. The summed E-state index contributed by atoms with van der Waals surface area (Å²) in [5, 5.41) is 5.03. The van der Waals surface area contributed by atoms with Gasteiger partial charge in [0.2, 0.25) is 10.0 Å². The normalized spacial score (nSPS) is 14.5. The molecule has 0 atom stereocenters. The van der Waals surface area contributed by atoms with Crippen molar-refractivity contribution < 1.29 is 27.5 Å². The summed E-state index contributed by atoms with van der Waals surface area (Å²) in [6.45, 7) is 0.875. The van der Waals surface area contributed by atoms with Crippen LogP contribution in [0.4, 0.5) is 5.69 Å². The molecular weight excluding hydrogens is 512 g/mol. The van der Waals surface area contributed by atoms with Crippen molar-refractivity contribution in [2.45, 2.75) is 9.79 Å². The largest absolute Gasteiger partial charge is 0.455 e. The minimum atomic E-state index is -3.61. The molecule has 1 aliphatic rings. The fraction of sp³-hybridized carbons (Fsp3) is 0.250. The Labute approximate surface area is 212 Å². The average molecular weight is 535 g/mol. The zero-order valence-corrected chi connectivity index (χ0v) is 21.0. The summed E-state index contributed by atoms with van der Waals surface area (Å²) < 4.78 is 37.0. The summed E-state index contributed by atoms with van der Waals surface area (Å²) in [4.78, 5) is 25.3. The molecule has 0 bridgehead atoms. The first-order valence-corrected chi connectivity index (χ1v) is 13.6. The minimum Gasteiger partial charge on any atom is -0.455 e. The molecule has 184 valence electrons. The molecule has 4 rings (SSSR count). The van der Waals surface area contributed by atoms with Crippen LogP contribution in [0.3, 0.4) is 0 Å². The van der Waals surface area contributed by atoms with Gasteiger partial charge in [-0.25, -0.2) is 8.42 Å². The molecule has 3 aromatic carbocycles. The number of halogens is 1. The maximum absolute atomic E-state index is 12.7. The predicted octanol–water partition coefficient (Wildman–Crippen LogP) is 3.79. The van der Waals surface area contributed by atoms with E-state index < -0.39 is 28.5 Å². The van der Waals surface area contributed by atoms with Crippen LogP contribution in [-0.2, 0) is 29.1 Å². The van der Waals surface area contributed by atoms with Crippen molar-refractivity contribution in [1.29, 1.82) is 0 Å². The van der Waals surface area contributed by atoms with Crippen LogP contribution in [0.1, 0.15) is 0 Å². The standard InChI is InChI=1S/C24H23ClN2O6S2/c25-20-5-1-3-17-4-2-6-21(24(17)20)34-16-23(29)33-15-22(28)26-18-7-9-19(10-8-18)35(30,31)27-11-13-32-14-12-27/h1-10H,11-16H2,(H,26,28). The summed E-state index contributed by atoms with van der Waals surface area (Å²) in [7, 11) is -3.61. The molecule has 1 fully saturated rings. The van der Waals surface area contributed by atoms with Gasteiger partial charge in [-0.15, -0.1) is 11.8 Å². The first-order chi connectivity index (χ1) is 16.8. The molecule has 1 amide bonds. The Bertz CT molecular complexity index is 1320. The number of carbonyl (C=O) groups excluding carboxylic acids is 2. The topological polar surface area (TPSA) is 102 Å². The van der Waals surface area contributed by atoms with Gasteiger partial charge in [0.05, 0.1) is 23.9 Å². The number of thioether (sulfide) groups is 1.